The first kappa shape index (κ1) is 11.9. The molecule has 1 fully saturated rings. The Labute approximate surface area is 102 Å². The summed E-state index contributed by atoms with van der Waals surface area (Å²) in [5.74, 6) is 0.549. The van der Waals surface area contributed by atoms with Crippen molar-refractivity contribution >= 4 is 11.7 Å². The molecule has 0 aromatic heterocycles. The molecule has 1 aliphatic rings. The highest BCUT2D eigenvalue weighted by Gasteiger charge is 2.25. The molecule has 0 unspecified atom stereocenters. The summed E-state index contributed by atoms with van der Waals surface area (Å²) >= 11 is 0. The number of anilines is 1. The second-order valence-corrected chi connectivity index (χ2v) is 4.80. The second kappa shape index (κ2) is 5.19. The summed E-state index contributed by atoms with van der Waals surface area (Å²) in [6.07, 6.45) is 2.04. The van der Waals surface area contributed by atoms with Crippen molar-refractivity contribution in [2.24, 2.45) is 11.7 Å². The maximum absolute atomic E-state index is 11.6. The van der Waals surface area contributed by atoms with Gasteiger partial charge in [-0.25, -0.2) is 4.79 Å². The topological polar surface area (TPSA) is 67.2 Å². The first-order valence-corrected chi connectivity index (χ1v) is 6.00. The van der Waals surface area contributed by atoms with E-state index in [0.717, 1.165) is 24.1 Å². The first-order valence-electron chi connectivity index (χ1n) is 6.00. The van der Waals surface area contributed by atoms with E-state index < -0.39 is 0 Å². The summed E-state index contributed by atoms with van der Waals surface area (Å²) in [4.78, 5) is 11.6. The van der Waals surface area contributed by atoms with Gasteiger partial charge in [-0.2, -0.15) is 0 Å². The van der Waals surface area contributed by atoms with Crippen LogP contribution in [0.1, 0.15) is 18.4 Å². The van der Waals surface area contributed by atoms with Gasteiger partial charge in [0, 0.05) is 18.3 Å². The molecule has 1 aromatic carbocycles. The van der Waals surface area contributed by atoms with E-state index in [-0.39, 0.29) is 6.03 Å². The Bertz CT molecular complexity index is 399. The lowest BCUT2D eigenvalue weighted by atomic mass is 9.81. The van der Waals surface area contributed by atoms with Crippen molar-refractivity contribution in [2.45, 2.75) is 25.8 Å². The smallest absolute Gasteiger partial charge is 0.319 e. The summed E-state index contributed by atoms with van der Waals surface area (Å²) in [5, 5.41) is 5.68. The maximum atomic E-state index is 11.6. The van der Waals surface area contributed by atoms with Gasteiger partial charge in [0.15, 0.2) is 0 Å². The molecule has 17 heavy (non-hydrogen) atoms. The van der Waals surface area contributed by atoms with Gasteiger partial charge >= 0.3 is 6.03 Å². The summed E-state index contributed by atoms with van der Waals surface area (Å²) in [6.45, 7) is 2.71. The molecular weight excluding hydrogens is 214 g/mol. The third-order valence-corrected chi connectivity index (χ3v) is 3.10. The SMILES string of the molecule is Cc1cccc(NC(=O)NCC2CC(N)C2)c1. The predicted octanol–water partition coefficient (Wildman–Crippen LogP) is 1.85. The lowest BCUT2D eigenvalue weighted by Gasteiger charge is -2.32. The van der Waals surface area contributed by atoms with Gasteiger partial charge in [0.1, 0.15) is 0 Å². The van der Waals surface area contributed by atoms with Crippen LogP contribution in [0.15, 0.2) is 24.3 Å². The first-order chi connectivity index (χ1) is 8.13. The van der Waals surface area contributed by atoms with Crippen LogP contribution in [0, 0.1) is 12.8 Å². The van der Waals surface area contributed by atoms with Gasteiger partial charge in [-0.3, -0.25) is 0 Å². The average molecular weight is 233 g/mol. The molecule has 0 aliphatic heterocycles. The molecule has 92 valence electrons. The van der Waals surface area contributed by atoms with E-state index in [9.17, 15) is 4.79 Å². The van der Waals surface area contributed by atoms with Crippen LogP contribution in [0.3, 0.4) is 0 Å². The van der Waals surface area contributed by atoms with E-state index >= 15 is 0 Å². The van der Waals surface area contributed by atoms with Crippen molar-refractivity contribution in [1.82, 2.24) is 5.32 Å². The van der Waals surface area contributed by atoms with E-state index in [4.69, 9.17) is 5.73 Å². The molecule has 2 rings (SSSR count). The highest BCUT2D eigenvalue weighted by molar-refractivity contribution is 5.89. The van der Waals surface area contributed by atoms with Crippen molar-refractivity contribution in [2.75, 3.05) is 11.9 Å². The fraction of sp³-hybridized carbons (Fsp3) is 0.462. The van der Waals surface area contributed by atoms with Crippen LogP contribution in [0.4, 0.5) is 10.5 Å². The number of aryl methyl sites for hydroxylation is 1. The number of rotatable bonds is 3. The van der Waals surface area contributed by atoms with Gasteiger partial charge in [-0.1, -0.05) is 12.1 Å². The Morgan fingerprint density at radius 2 is 2.24 bits per heavy atom. The number of nitrogens with one attached hydrogen (secondary N) is 2. The Balaban J connectivity index is 1.73. The van der Waals surface area contributed by atoms with Crippen molar-refractivity contribution in [1.29, 1.82) is 0 Å². The van der Waals surface area contributed by atoms with Gasteiger partial charge < -0.3 is 16.4 Å². The summed E-state index contributed by atoms with van der Waals surface area (Å²) in [7, 11) is 0. The van der Waals surface area contributed by atoms with Gasteiger partial charge in [0.25, 0.3) is 0 Å². The number of amides is 2. The zero-order chi connectivity index (χ0) is 12.3. The molecule has 0 spiro atoms. The molecule has 0 saturated heterocycles. The zero-order valence-electron chi connectivity index (χ0n) is 10.1. The molecule has 4 nitrogen and oxygen atoms in total. The van der Waals surface area contributed by atoms with Crippen molar-refractivity contribution in [3.8, 4) is 0 Å². The quantitative estimate of drug-likeness (QED) is 0.746. The van der Waals surface area contributed by atoms with Gasteiger partial charge in [0.2, 0.25) is 0 Å². The molecule has 0 bridgehead atoms. The Kier molecular flexibility index (Phi) is 3.64. The lowest BCUT2D eigenvalue weighted by Crippen LogP contribution is -2.43. The van der Waals surface area contributed by atoms with E-state index in [1.54, 1.807) is 0 Å². The van der Waals surface area contributed by atoms with Crippen LogP contribution >= 0.6 is 0 Å². The molecule has 0 atom stereocenters. The Hall–Kier alpha value is -1.55. The van der Waals surface area contributed by atoms with Crippen LogP contribution < -0.4 is 16.4 Å². The molecule has 4 N–H and O–H groups in total. The molecule has 1 saturated carbocycles. The normalized spacial score (nSPS) is 22.7. The van der Waals surface area contributed by atoms with Crippen LogP contribution in [-0.4, -0.2) is 18.6 Å². The molecule has 1 aliphatic carbocycles. The third kappa shape index (κ3) is 3.46. The summed E-state index contributed by atoms with van der Waals surface area (Å²) in [6, 6.07) is 7.94. The largest absolute Gasteiger partial charge is 0.338 e. The minimum absolute atomic E-state index is 0.143. The number of urea groups is 1. The minimum atomic E-state index is -0.143. The molecule has 2 amide bonds. The number of hydrogen-bond acceptors (Lipinski definition) is 2. The predicted molar refractivity (Wildman–Crippen MR) is 68.9 cm³/mol. The van der Waals surface area contributed by atoms with Crippen molar-refractivity contribution in [3.63, 3.8) is 0 Å². The fourth-order valence-corrected chi connectivity index (χ4v) is 2.09. The van der Waals surface area contributed by atoms with E-state index in [1.807, 2.05) is 31.2 Å². The number of carbonyl (C=O) groups is 1. The molecule has 0 radical (unpaired) electrons. The summed E-state index contributed by atoms with van der Waals surface area (Å²) in [5.41, 5.74) is 7.65. The minimum Gasteiger partial charge on any atom is -0.338 e. The molecular formula is C13H19N3O. The lowest BCUT2D eigenvalue weighted by molar-refractivity contribution is 0.234. The third-order valence-electron chi connectivity index (χ3n) is 3.10. The molecule has 0 heterocycles. The van der Waals surface area contributed by atoms with Crippen molar-refractivity contribution in [3.05, 3.63) is 29.8 Å². The molecule has 4 heteroatoms. The highest BCUT2D eigenvalue weighted by atomic mass is 16.2. The average Bonchev–Trinajstić information content (AvgIpc) is 2.23. The van der Waals surface area contributed by atoms with Crippen LogP contribution in [0.2, 0.25) is 0 Å². The number of hydrogen-bond donors (Lipinski definition) is 3. The maximum Gasteiger partial charge on any atom is 0.319 e. The zero-order valence-corrected chi connectivity index (χ0v) is 10.1. The Morgan fingerprint density at radius 3 is 2.88 bits per heavy atom. The highest BCUT2D eigenvalue weighted by Crippen LogP contribution is 2.24. The van der Waals surface area contributed by atoms with Gasteiger partial charge in [0.05, 0.1) is 0 Å². The van der Waals surface area contributed by atoms with Crippen LogP contribution in [0.5, 0.6) is 0 Å². The van der Waals surface area contributed by atoms with Crippen molar-refractivity contribution < 1.29 is 4.79 Å². The summed E-state index contributed by atoms with van der Waals surface area (Å²) < 4.78 is 0. The van der Waals surface area contributed by atoms with Crippen LogP contribution in [0.25, 0.3) is 0 Å². The van der Waals surface area contributed by atoms with Gasteiger partial charge in [-0.05, 0) is 43.4 Å². The monoisotopic (exact) mass is 233 g/mol. The van der Waals surface area contributed by atoms with Crippen LogP contribution in [-0.2, 0) is 0 Å². The van der Waals surface area contributed by atoms with E-state index in [0.29, 0.717) is 18.5 Å². The number of nitrogens with two attached hydrogens (primary N) is 1. The van der Waals surface area contributed by atoms with E-state index in [1.165, 1.54) is 0 Å². The second-order valence-electron chi connectivity index (χ2n) is 4.80. The Morgan fingerprint density at radius 1 is 1.47 bits per heavy atom. The number of benzene rings is 1. The number of carbonyl (C=O) groups excluding carboxylic acids is 1. The van der Waals surface area contributed by atoms with Gasteiger partial charge in [-0.15, -0.1) is 0 Å². The fourth-order valence-electron chi connectivity index (χ4n) is 2.09. The standard InChI is InChI=1S/C13H19N3O/c1-9-3-2-4-12(5-9)16-13(17)15-8-10-6-11(14)7-10/h2-5,10-11H,6-8,14H2,1H3,(H2,15,16,17). The molecule has 1 aromatic rings. The van der Waals surface area contributed by atoms with E-state index in [2.05, 4.69) is 10.6 Å².